The molecule has 2 amide bonds. The molecule has 1 aromatic carbocycles. The van der Waals surface area contributed by atoms with Crippen LogP contribution in [0.25, 0.3) is 0 Å². The largest absolute Gasteiger partial charge is 0.493 e. The Bertz CT molecular complexity index is 710. The van der Waals surface area contributed by atoms with Crippen molar-refractivity contribution in [3.05, 3.63) is 29.8 Å². The van der Waals surface area contributed by atoms with E-state index in [2.05, 4.69) is 16.0 Å². The number of ether oxygens (including phenoxy) is 1. The summed E-state index contributed by atoms with van der Waals surface area (Å²) in [4.78, 5) is 28.0. The molecule has 3 N–H and O–H groups in total. The van der Waals surface area contributed by atoms with Crippen LogP contribution in [0.1, 0.15) is 37.3 Å². The molecule has 2 saturated heterocycles. The lowest BCUT2D eigenvalue weighted by Crippen LogP contribution is -2.58. The van der Waals surface area contributed by atoms with E-state index in [-0.39, 0.29) is 36.0 Å². The van der Waals surface area contributed by atoms with Crippen molar-refractivity contribution in [2.45, 2.75) is 49.9 Å². The molecule has 0 saturated carbocycles. The summed E-state index contributed by atoms with van der Waals surface area (Å²) in [6.07, 6.45) is 3.25. The summed E-state index contributed by atoms with van der Waals surface area (Å²) in [5.74, 6) is 0.817. The van der Waals surface area contributed by atoms with Gasteiger partial charge in [0.05, 0.1) is 18.7 Å². The Balaban J connectivity index is 1.51. The predicted molar refractivity (Wildman–Crippen MR) is 101 cm³/mol. The molecule has 4 atom stereocenters. The lowest BCUT2D eigenvalue weighted by Gasteiger charge is -2.36. The van der Waals surface area contributed by atoms with Crippen LogP contribution in [0.3, 0.4) is 0 Å². The summed E-state index contributed by atoms with van der Waals surface area (Å²) in [7, 11) is 1.80. The number of likely N-dealkylation sites (N-methyl/N-ethyl adjacent to an activating group) is 1. The fourth-order valence-electron chi connectivity index (χ4n) is 4.53. The van der Waals surface area contributed by atoms with Crippen LogP contribution in [0.2, 0.25) is 0 Å². The maximum atomic E-state index is 13.1. The highest BCUT2D eigenvalue weighted by Crippen LogP contribution is 2.33. The van der Waals surface area contributed by atoms with Gasteiger partial charge < -0.3 is 25.6 Å². The molecule has 0 aliphatic carbocycles. The minimum Gasteiger partial charge on any atom is -0.493 e. The van der Waals surface area contributed by atoms with E-state index in [1.165, 1.54) is 0 Å². The van der Waals surface area contributed by atoms with Crippen LogP contribution in [0, 0.1) is 0 Å². The Morgan fingerprint density at radius 2 is 2.04 bits per heavy atom. The summed E-state index contributed by atoms with van der Waals surface area (Å²) in [6.45, 7) is 2.06. The Labute approximate surface area is 159 Å². The van der Waals surface area contributed by atoms with E-state index in [0.29, 0.717) is 13.2 Å². The first kappa shape index (κ1) is 18.3. The number of nitrogens with zero attached hydrogens (tertiary/aromatic N) is 1. The van der Waals surface area contributed by atoms with Gasteiger partial charge in [-0.3, -0.25) is 9.59 Å². The number of benzene rings is 1. The summed E-state index contributed by atoms with van der Waals surface area (Å²) in [5.41, 5.74) is 1.02. The summed E-state index contributed by atoms with van der Waals surface area (Å²) < 4.78 is 5.69. The number of hydrogen-bond donors (Lipinski definition) is 3. The lowest BCUT2D eigenvalue weighted by atomic mass is 10.00. The van der Waals surface area contributed by atoms with Crippen molar-refractivity contribution in [3.8, 4) is 5.75 Å². The van der Waals surface area contributed by atoms with Crippen molar-refractivity contribution in [1.82, 2.24) is 20.9 Å². The van der Waals surface area contributed by atoms with Gasteiger partial charge in [-0.1, -0.05) is 18.2 Å². The van der Waals surface area contributed by atoms with Gasteiger partial charge >= 0.3 is 0 Å². The third-order valence-electron chi connectivity index (χ3n) is 5.98. The van der Waals surface area contributed by atoms with Gasteiger partial charge in [0.25, 0.3) is 0 Å². The number of carbonyl (C=O) groups excluding carboxylic acids is 2. The maximum absolute atomic E-state index is 13.1. The molecule has 7 heteroatoms. The van der Waals surface area contributed by atoms with Gasteiger partial charge in [-0.15, -0.1) is 0 Å². The van der Waals surface area contributed by atoms with E-state index in [1.54, 1.807) is 7.05 Å². The van der Waals surface area contributed by atoms with Gasteiger partial charge in [0.15, 0.2) is 0 Å². The van der Waals surface area contributed by atoms with Crippen molar-refractivity contribution < 1.29 is 14.3 Å². The van der Waals surface area contributed by atoms with Crippen LogP contribution < -0.4 is 20.7 Å². The first-order valence-electron chi connectivity index (χ1n) is 9.91. The van der Waals surface area contributed by atoms with Gasteiger partial charge in [-0.05, 0) is 38.9 Å². The first-order chi connectivity index (χ1) is 13.2. The minimum absolute atomic E-state index is 0.0275. The molecule has 7 nitrogen and oxygen atoms in total. The van der Waals surface area contributed by atoms with Crippen LogP contribution in [-0.2, 0) is 9.59 Å². The number of para-hydroxylation sites is 1. The molecule has 0 bridgehead atoms. The molecule has 1 aromatic rings. The van der Waals surface area contributed by atoms with Crippen LogP contribution >= 0.6 is 0 Å². The van der Waals surface area contributed by atoms with E-state index in [4.69, 9.17) is 4.74 Å². The number of rotatable bonds is 3. The molecule has 0 aromatic heterocycles. The highest BCUT2D eigenvalue weighted by Gasteiger charge is 2.43. The number of amides is 2. The molecule has 3 aliphatic heterocycles. The fourth-order valence-corrected chi connectivity index (χ4v) is 4.53. The van der Waals surface area contributed by atoms with Crippen LogP contribution in [-0.4, -0.2) is 61.6 Å². The second-order valence-electron chi connectivity index (χ2n) is 7.56. The average Bonchev–Trinajstić information content (AvgIpc) is 3.10. The normalized spacial score (nSPS) is 30.6. The van der Waals surface area contributed by atoms with Gasteiger partial charge in [0.1, 0.15) is 11.8 Å². The summed E-state index contributed by atoms with van der Waals surface area (Å²) in [5, 5.41) is 9.60. The van der Waals surface area contributed by atoms with E-state index in [1.807, 2.05) is 29.2 Å². The zero-order valence-corrected chi connectivity index (χ0v) is 15.7. The van der Waals surface area contributed by atoms with E-state index < -0.39 is 0 Å². The SMILES string of the molecule is CN[C@H]1CNCC[C@H]2CC[C@@H](C(=O)N[C@@H]3CCOc4ccccc43)N2C1=O. The lowest BCUT2D eigenvalue weighted by molar-refractivity contribution is -0.142. The first-order valence-corrected chi connectivity index (χ1v) is 9.91. The van der Waals surface area contributed by atoms with Crippen molar-refractivity contribution in [1.29, 1.82) is 0 Å². The number of fused-ring (bicyclic) bond motifs is 2. The number of carbonyl (C=O) groups is 2. The molecular weight excluding hydrogens is 344 g/mol. The second-order valence-corrected chi connectivity index (χ2v) is 7.56. The number of nitrogens with one attached hydrogen (secondary N) is 3. The number of hydrogen-bond acceptors (Lipinski definition) is 5. The van der Waals surface area contributed by atoms with Gasteiger partial charge in [0.2, 0.25) is 11.8 Å². The topological polar surface area (TPSA) is 82.7 Å². The summed E-state index contributed by atoms with van der Waals surface area (Å²) >= 11 is 0. The third-order valence-corrected chi connectivity index (χ3v) is 5.98. The average molecular weight is 372 g/mol. The molecule has 3 aliphatic rings. The van der Waals surface area contributed by atoms with Crippen LogP contribution in [0.5, 0.6) is 5.75 Å². The molecule has 3 heterocycles. The molecule has 27 heavy (non-hydrogen) atoms. The van der Waals surface area contributed by atoms with E-state index >= 15 is 0 Å². The van der Waals surface area contributed by atoms with Crippen molar-refractivity contribution >= 4 is 11.8 Å². The second kappa shape index (κ2) is 7.86. The highest BCUT2D eigenvalue weighted by molar-refractivity contribution is 5.91. The fraction of sp³-hybridized carbons (Fsp3) is 0.600. The van der Waals surface area contributed by atoms with Crippen LogP contribution in [0.15, 0.2) is 24.3 Å². The van der Waals surface area contributed by atoms with Crippen molar-refractivity contribution in [2.24, 2.45) is 0 Å². The Morgan fingerprint density at radius 1 is 1.19 bits per heavy atom. The smallest absolute Gasteiger partial charge is 0.243 e. The molecule has 4 rings (SSSR count). The zero-order valence-electron chi connectivity index (χ0n) is 15.7. The van der Waals surface area contributed by atoms with Gasteiger partial charge in [-0.25, -0.2) is 0 Å². The van der Waals surface area contributed by atoms with E-state index in [9.17, 15) is 9.59 Å². The van der Waals surface area contributed by atoms with Crippen molar-refractivity contribution in [2.75, 3.05) is 26.7 Å². The predicted octanol–water partition coefficient (Wildman–Crippen LogP) is 0.567. The molecule has 2 fully saturated rings. The Kier molecular flexibility index (Phi) is 5.31. The monoisotopic (exact) mass is 372 g/mol. The standard InChI is InChI=1S/C20H28N4O3/c1-21-16-12-22-10-8-13-6-7-17(24(13)20(16)26)19(25)23-15-9-11-27-18-5-3-2-4-14(15)18/h2-5,13,15-17,21-22H,6-12H2,1H3,(H,23,25)/t13-,15-,16+,17+/m1/s1. The minimum atomic E-state index is -0.383. The van der Waals surface area contributed by atoms with Gasteiger partial charge in [-0.2, -0.15) is 0 Å². The highest BCUT2D eigenvalue weighted by atomic mass is 16.5. The van der Waals surface area contributed by atoms with Crippen molar-refractivity contribution in [3.63, 3.8) is 0 Å². The Morgan fingerprint density at radius 3 is 2.89 bits per heavy atom. The summed E-state index contributed by atoms with van der Waals surface area (Å²) in [6, 6.07) is 7.25. The Hall–Kier alpha value is -2.12. The van der Waals surface area contributed by atoms with E-state index in [0.717, 1.165) is 43.5 Å². The molecular formula is C20H28N4O3. The molecule has 146 valence electrons. The molecule has 0 spiro atoms. The zero-order chi connectivity index (χ0) is 18.8. The molecule has 0 unspecified atom stereocenters. The van der Waals surface area contributed by atoms with Gasteiger partial charge in [0, 0.05) is 24.6 Å². The maximum Gasteiger partial charge on any atom is 0.243 e. The molecule has 0 radical (unpaired) electrons. The quantitative estimate of drug-likeness (QED) is 0.723. The third kappa shape index (κ3) is 3.53. The van der Waals surface area contributed by atoms with Crippen LogP contribution in [0.4, 0.5) is 0 Å².